The Hall–Kier alpha value is -2.10. The smallest absolute Gasteiger partial charge is 0.175 e. The molecule has 0 aliphatic heterocycles. The Bertz CT molecular complexity index is 397. The monoisotopic (exact) mass is 218 g/mol. The van der Waals surface area contributed by atoms with E-state index in [0.29, 0.717) is 11.4 Å². The van der Waals surface area contributed by atoms with Gasteiger partial charge in [0.1, 0.15) is 0 Å². The molecule has 84 valence electrons. The number of aromatic amines is 2. The minimum Gasteiger partial charge on any atom is -0.359 e. The average Bonchev–Trinajstić information content (AvgIpc) is 2.93. The molecule has 0 aromatic carbocycles. The molecule has 2 aromatic rings. The minimum atomic E-state index is 0.0787. The summed E-state index contributed by atoms with van der Waals surface area (Å²) in [5.41, 5.74) is 1.34. The molecule has 2 heterocycles. The van der Waals surface area contributed by atoms with E-state index in [0.717, 1.165) is 0 Å². The van der Waals surface area contributed by atoms with Gasteiger partial charge in [-0.25, -0.2) is 0 Å². The Morgan fingerprint density at radius 2 is 1.25 bits per heavy atom. The number of hydrogen-bond acceptors (Lipinski definition) is 2. The first-order valence-corrected chi connectivity index (χ1v) is 4.90. The molecule has 0 radical (unpaired) electrons. The van der Waals surface area contributed by atoms with Crippen LogP contribution in [-0.2, 0) is 0 Å². The van der Waals surface area contributed by atoms with Crippen LogP contribution in [0.2, 0.25) is 0 Å². The number of H-pyrrole nitrogens is 2. The van der Waals surface area contributed by atoms with Crippen LogP contribution in [0.4, 0.5) is 0 Å². The van der Waals surface area contributed by atoms with E-state index in [4.69, 9.17) is 0 Å². The first-order chi connectivity index (χ1) is 7.61. The fourth-order valence-corrected chi connectivity index (χ4v) is 1.10. The number of Topliss-reactive ketones (excluding diaryl/α,β-unsaturated/α-hetero) is 2. The van der Waals surface area contributed by atoms with Crippen LogP contribution in [0.5, 0.6) is 0 Å². The van der Waals surface area contributed by atoms with E-state index >= 15 is 0 Å². The zero-order valence-corrected chi connectivity index (χ0v) is 9.28. The van der Waals surface area contributed by atoms with Crippen LogP contribution < -0.4 is 0 Å². The summed E-state index contributed by atoms with van der Waals surface area (Å²) in [5, 5.41) is 0. The van der Waals surface area contributed by atoms with Crippen molar-refractivity contribution in [3.8, 4) is 0 Å². The SMILES string of the molecule is CC(=O)c1ccc[nH]1.CC(=O)c1ccc[nH]1. The lowest BCUT2D eigenvalue weighted by molar-refractivity contribution is 0.100. The maximum absolute atomic E-state index is 10.5. The van der Waals surface area contributed by atoms with Crippen molar-refractivity contribution in [1.82, 2.24) is 9.97 Å². The van der Waals surface area contributed by atoms with Crippen molar-refractivity contribution in [2.75, 3.05) is 0 Å². The lowest BCUT2D eigenvalue weighted by Crippen LogP contribution is -1.89. The molecule has 2 aromatic heterocycles. The number of ketones is 2. The average molecular weight is 218 g/mol. The first kappa shape index (κ1) is 12.0. The van der Waals surface area contributed by atoms with E-state index in [-0.39, 0.29) is 11.6 Å². The second-order valence-electron chi connectivity index (χ2n) is 3.28. The Balaban J connectivity index is 0.000000160. The van der Waals surface area contributed by atoms with E-state index in [9.17, 15) is 9.59 Å². The fraction of sp³-hybridized carbons (Fsp3) is 0.167. The zero-order chi connectivity index (χ0) is 12.0. The predicted molar refractivity (Wildman–Crippen MR) is 61.6 cm³/mol. The third-order valence-corrected chi connectivity index (χ3v) is 1.95. The van der Waals surface area contributed by atoms with Crippen molar-refractivity contribution in [3.63, 3.8) is 0 Å². The van der Waals surface area contributed by atoms with Crippen LogP contribution in [0.25, 0.3) is 0 Å². The summed E-state index contributed by atoms with van der Waals surface area (Å²) in [6.45, 7) is 3.07. The molecule has 0 aliphatic carbocycles. The minimum absolute atomic E-state index is 0.0787. The number of aromatic nitrogens is 2. The predicted octanol–water partition coefficient (Wildman–Crippen LogP) is 2.43. The van der Waals surface area contributed by atoms with Gasteiger partial charge in [-0.3, -0.25) is 9.59 Å². The largest absolute Gasteiger partial charge is 0.359 e. The highest BCUT2D eigenvalue weighted by atomic mass is 16.1. The third kappa shape index (κ3) is 3.57. The number of hydrogen-bond donors (Lipinski definition) is 2. The van der Waals surface area contributed by atoms with Crippen LogP contribution in [0.15, 0.2) is 36.7 Å². The van der Waals surface area contributed by atoms with Gasteiger partial charge in [-0.1, -0.05) is 0 Å². The summed E-state index contributed by atoms with van der Waals surface area (Å²) in [6.07, 6.45) is 3.47. The number of rotatable bonds is 2. The molecule has 2 N–H and O–H groups in total. The van der Waals surface area contributed by atoms with Gasteiger partial charge in [0, 0.05) is 26.2 Å². The highest BCUT2D eigenvalue weighted by molar-refractivity contribution is 5.92. The van der Waals surface area contributed by atoms with Crippen LogP contribution in [-0.4, -0.2) is 21.5 Å². The molecule has 4 nitrogen and oxygen atoms in total. The topological polar surface area (TPSA) is 65.7 Å². The van der Waals surface area contributed by atoms with Crippen molar-refractivity contribution >= 4 is 11.6 Å². The van der Waals surface area contributed by atoms with E-state index in [1.165, 1.54) is 13.8 Å². The molecule has 0 spiro atoms. The van der Waals surface area contributed by atoms with Gasteiger partial charge in [-0.05, 0) is 24.3 Å². The molecule has 0 fully saturated rings. The molecule has 0 aliphatic rings. The molecular weight excluding hydrogens is 204 g/mol. The molecular formula is C12H14N2O2. The molecule has 0 bridgehead atoms. The lowest BCUT2D eigenvalue weighted by Gasteiger charge is -1.81. The van der Waals surface area contributed by atoms with Gasteiger partial charge in [-0.15, -0.1) is 0 Å². The molecule has 2 rings (SSSR count). The zero-order valence-electron chi connectivity index (χ0n) is 9.28. The first-order valence-electron chi connectivity index (χ1n) is 4.90. The second kappa shape index (κ2) is 5.70. The summed E-state index contributed by atoms with van der Waals surface area (Å²) in [7, 11) is 0. The van der Waals surface area contributed by atoms with Crippen molar-refractivity contribution in [1.29, 1.82) is 0 Å². The number of carbonyl (C=O) groups excluding carboxylic acids is 2. The molecule has 0 unspecified atom stereocenters. The van der Waals surface area contributed by atoms with E-state index in [1.807, 2.05) is 0 Å². The van der Waals surface area contributed by atoms with E-state index in [2.05, 4.69) is 9.97 Å². The highest BCUT2D eigenvalue weighted by Gasteiger charge is 1.94. The molecule has 16 heavy (non-hydrogen) atoms. The third-order valence-electron chi connectivity index (χ3n) is 1.95. The van der Waals surface area contributed by atoms with Gasteiger partial charge in [0.05, 0.1) is 11.4 Å². The summed E-state index contributed by atoms with van der Waals surface area (Å²) in [6, 6.07) is 7.11. The fourth-order valence-electron chi connectivity index (χ4n) is 1.10. The standard InChI is InChI=1S/2C6H7NO/c2*1-5(8)6-3-2-4-7-6/h2*2-4,7H,1H3. The van der Waals surface area contributed by atoms with E-state index in [1.54, 1.807) is 36.7 Å². The van der Waals surface area contributed by atoms with E-state index < -0.39 is 0 Å². The van der Waals surface area contributed by atoms with Crippen molar-refractivity contribution in [3.05, 3.63) is 48.0 Å². The Morgan fingerprint density at radius 3 is 1.38 bits per heavy atom. The van der Waals surface area contributed by atoms with Crippen molar-refractivity contribution < 1.29 is 9.59 Å². The Kier molecular flexibility index (Phi) is 4.27. The quantitative estimate of drug-likeness (QED) is 0.760. The summed E-state index contributed by atoms with van der Waals surface area (Å²) >= 11 is 0. The van der Waals surface area contributed by atoms with Gasteiger partial charge in [0.15, 0.2) is 11.6 Å². The Morgan fingerprint density at radius 1 is 0.875 bits per heavy atom. The summed E-state index contributed by atoms with van der Waals surface area (Å²) in [4.78, 5) is 26.5. The van der Waals surface area contributed by atoms with Crippen LogP contribution in [0.1, 0.15) is 34.8 Å². The van der Waals surface area contributed by atoms with Gasteiger partial charge < -0.3 is 9.97 Å². The summed E-state index contributed by atoms with van der Waals surface area (Å²) in [5.74, 6) is 0.157. The normalized spacial score (nSPS) is 9.12. The van der Waals surface area contributed by atoms with Gasteiger partial charge in [-0.2, -0.15) is 0 Å². The Labute approximate surface area is 93.7 Å². The number of nitrogens with one attached hydrogen (secondary N) is 2. The highest BCUT2D eigenvalue weighted by Crippen LogP contribution is 1.93. The van der Waals surface area contributed by atoms with Crippen molar-refractivity contribution in [2.45, 2.75) is 13.8 Å². The van der Waals surface area contributed by atoms with Crippen LogP contribution >= 0.6 is 0 Å². The summed E-state index contributed by atoms with van der Waals surface area (Å²) < 4.78 is 0. The van der Waals surface area contributed by atoms with Crippen LogP contribution in [0.3, 0.4) is 0 Å². The van der Waals surface area contributed by atoms with Gasteiger partial charge in [0.2, 0.25) is 0 Å². The van der Waals surface area contributed by atoms with Crippen LogP contribution in [0, 0.1) is 0 Å². The maximum atomic E-state index is 10.5. The number of carbonyl (C=O) groups is 2. The molecule has 0 saturated heterocycles. The van der Waals surface area contributed by atoms with Gasteiger partial charge >= 0.3 is 0 Å². The maximum Gasteiger partial charge on any atom is 0.175 e. The molecule has 4 heteroatoms. The second-order valence-corrected chi connectivity index (χ2v) is 3.28. The van der Waals surface area contributed by atoms with Gasteiger partial charge in [0.25, 0.3) is 0 Å². The molecule has 0 amide bonds. The van der Waals surface area contributed by atoms with Crippen molar-refractivity contribution in [2.24, 2.45) is 0 Å². The molecule has 0 saturated carbocycles. The molecule has 0 atom stereocenters. The lowest BCUT2D eigenvalue weighted by atomic mass is 10.3.